The molecule has 0 aliphatic heterocycles. The minimum Gasteiger partial charge on any atom is -0.354 e. The first-order valence-electron chi connectivity index (χ1n) is 5.38. The third-order valence-electron chi connectivity index (χ3n) is 2.60. The van der Waals surface area contributed by atoms with Crippen molar-refractivity contribution in [1.82, 2.24) is 20.3 Å². The van der Waals surface area contributed by atoms with Gasteiger partial charge in [-0.05, 0) is 12.5 Å². The number of carbonyl (C=O) groups excluding carboxylic acids is 1. The molecule has 0 radical (unpaired) electrons. The first kappa shape index (κ1) is 11.3. The van der Waals surface area contributed by atoms with Gasteiger partial charge in [0.05, 0.1) is 12.2 Å². The van der Waals surface area contributed by atoms with E-state index >= 15 is 0 Å². The van der Waals surface area contributed by atoms with Gasteiger partial charge in [-0.1, -0.05) is 35.5 Å². The van der Waals surface area contributed by atoms with E-state index in [1.54, 1.807) is 11.7 Å². The van der Waals surface area contributed by atoms with Gasteiger partial charge in [0.15, 0.2) is 5.69 Å². The highest BCUT2D eigenvalue weighted by molar-refractivity contribution is 5.92. The summed E-state index contributed by atoms with van der Waals surface area (Å²) < 4.78 is 1.72. The highest BCUT2D eigenvalue weighted by atomic mass is 16.1. The Morgan fingerprint density at radius 1 is 1.35 bits per heavy atom. The van der Waals surface area contributed by atoms with Crippen LogP contribution in [0.1, 0.15) is 21.7 Å². The smallest absolute Gasteiger partial charge is 0.273 e. The average molecular weight is 230 g/mol. The second-order valence-electron chi connectivity index (χ2n) is 3.75. The molecule has 5 nitrogen and oxygen atoms in total. The van der Waals surface area contributed by atoms with E-state index in [0.29, 0.717) is 12.2 Å². The largest absolute Gasteiger partial charge is 0.354 e. The molecule has 88 valence electrons. The van der Waals surface area contributed by atoms with Crippen molar-refractivity contribution < 1.29 is 4.79 Å². The molecule has 1 amide bonds. The molecule has 2 aromatic rings. The predicted molar refractivity (Wildman–Crippen MR) is 63.7 cm³/mol. The highest BCUT2D eigenvalue weighted by Gasteiger charge is 2.14. The number of hydrogen-bond donors (Lipinski definition) is 1. The van der Waals surface area contributed by atoms with E-state index in [1.807, 2.05) is 37.3 Å². The normalized spacial score (nSPS) is 10.2. The van der Waals surface area contributed by atoms with Gasteiger partial charge in [-0.25, -0.2) is 4.68 Å². The van der Waals surface area contributed by atoms with Crippen LogP contribution in [0.3, 0.4) is 0 Å². The van der Waals surface area contributed by atoms with Crippen LogP contribution in [0.5, 0.6) is 0 Å². The van der Waals surface area contributed by atoms with E-state index in [0.717, 1.165) is 11.3 Å². The Morgan fingerprint density at radius 3 is 2.71 bits per heavy atom. The second kappa shape index (κ2) is 4.78. The fourth-order valence-corrected chi connectivity index (χ4v) is 1.60. The van der Waals surface area contributed by atoms with Crippen molar-refractivity contribution in [2.45, 2.75) is 13.5 Å². The molecule has 17 heavy (non-hydrogen) atoms. The Bertz CT molecular complexity index is 519. The SMILES string of the molecule is CNC(=O)c1nnn(Cc2ccccc2)c1C. The van der Waals surface area contributed by atoms with Crippen molar-refractivity contribution in [3.05, 3.63) is 47.3 Å². The summed E-state index contributed by atoms with van der Waals surface area (Å²) >= 11 is 0. The summed E-state index contributed by atoms with van der Waals surface area (Å²) in [6.07, 6.45) is 0. The zero-order chi connectivity index (χ0) is 12.3. The lowest BCUT2D eigenvalue weighted by molar-refractivity contribution is 0.0957. The van der Waals surface area contributed by atoms with Crippen molar-refractivity contribution in [1.29, 1.82) is 0 Å². The van der Waals surface area contributed by atoms with Crippen molar-refractivity contribution >= 4 is 5.91 Å². The number of rotatable bonds is 3. The molecule has 0 atom stereocenters. The van der Waals surface area contributed by atoms with Crippen LogP contribution in [0.2, 0.25) is 0 Å². The number of amides is 1. The topological polar surface area (TPSA) is 59.8 Å². The Hall–Kier alpha value is -2.17. The van der Waals surface area contributed by atoms with Gasteiger partial charge >= 0.3 is 0 Å². The van der Waals surface area contributed by atoms with Gasteiger partial charge < -0.3 is 5.32 Å². The lowest BCUT2D eigenvalue weighted by atomic mass is 10.2. The van der Waals surface area contributed by atoms with Crippen LogP contribution in [-0.4, -0.2) is 27.9 Å². The van der Waals surface area contributed by atoms with Crippen LogP contribution < -0.4 is 5.32 Å². The number of carbonyl (C=O) groups is 1. The summed E-state index contributed by atoms with van der Waals surface area (Å²) in [7, 11) is 1.58. The molecule has 1 N–H and O–H groups in total. The highest BCUT2D eigenvalue weighted by Crippen LogP contribution is 2.07. The Balaban J connectivity index is 2.24. The summed E-state index contributed by atoms with van der Waals surface area (Å²) in [5, 5.41) is 10.4. The molecule has 1 aromatic heterocycles. The van der Waals surface area contributed by atoms with Crippen LogP contribution in [-0.2, 0) is 6.54 Å². The maximum absolute atomic E-state index is 11.5. The molecule has 0 saturated heterocycles. The number of aromatic nitrogens is 3. The zero-order valence-electron chi connectivity index (χ0n) is 9.84. The lowest BCUT2D eigenvalue weighted by Crippen LogP contribution is -2.19. The predicted octanol–water partition coefficient (Wildman–Crippen LogP) is 0.994. The van der Waals surface area contributed by atoms with Gasteiger partial charge in [0.2, 0.25) is 0 Å². The third-order valence-corrected chi connectivity index (χ3v) is 2.60. The lowest BCUT2D eigenvalue weighted by Gasteiger charge is -2.03. The Labute approximate surface area is 99.5 Å². The fraction of sp³-hybridized carbons (Fsp3) is 0.250. The minimum atomic E-state index is -0.207. The Kier molecular flexibility index (Phi) is 3.18. The van der Waals surface area contributed by atoms with Crippen LogP contribution >= 0.6 is 0 Å². The number of benzene rings is 1. The van der Waals surface area contributed by atoms with E-state index < -0.39 is 0 Å². The summed E-state index contributed by atoms with van der Waals surface area (Å²) in [4.78, 5) is 11.5. The first-order chi connectivity index (χ1) is 8.22. The zero-order valence-corrected chi connectivity index (χ0v) is 9.84. The monoisotopic (exact) mass is 230 g/mol. The van der Waals surface area contributed by atoms with E-state index in [1.165, 1.54) is 0 Å². The summed E-state index contributed by atoms with van der Waals surface area (Å²) in [6.45, 7) is 2.46. The van der Waals surface area contributed by atoms with Gasteiger partial charge in [0.25, 0.3) is 5.91 Å². The molecule has 0 saturated carbocycles. The van der Waals surface area contributed by atoms with Crippen LogP contribution in [0, 0.1) is 6.92 Å². The molecule has 0 fully saturated rings. The molecule has 0 unspecified atom stereocenters. The van der Waals surface area contributed by atoms with Crippen molar-refractivity contribution in [2.24, 2.45) is 0 Å². The molecule has 0 aliphatic rings. The van der Waals surface area contributed by atoms with Gasteiger partial charge in [0, 0.05) is 7.05 Å². The minimum absolute atomic E-state index is 0.207. The van der Waals surface area contributed by atoms with E-state index in [9.17, 15) is 4.79 Å². The maximum Gasteiger partial charge on any atom is 0.273 e. The molecule has 1 heterocycles. The number of nitrogens with one attached hydrogen (secondary N) is 1. The Morgan fingerprint density at radius 2 is 2.06 bits per heavy atom. The first-order valence-corrected chi connectivity index (χ1v) is 5.38. The molecule has 1 aromatic carbocycles. The fourth-order valence-electron chi connectivity index (χ4n) is 1.60. The van der Waals surface area contributed by atoms with E-state index in [2.05, 4.69) is 15.6 Å². The van der Waals surface area contributed by atoms with Crippen molar-refractivity contribution in [2.75, 3.05) is 7.05 Å². The summed E-state index contributed by atoms with van der Waals surface area (Å²) in [5.74, 6) is -0.207. The molecular weight excluding hydrogens is 216 g/mol. The van der Waals surface area contributed by atoms with Crippen molar-refractivity contribution in [3.8, 4) is 0 Å². The quantitative estimate of drug-likeness (QED) is 0.855. The second-order valence-corrected chi connectivity index (χ2v) is 3.75. The standard InChI is InChI=1S/C12H14N4O/c1-9-11(12(17)13-2)14-15-16(9)8-10-6-4-3-5-7-10/h3-7H,8H2,1-2H3,(H,13,17). The summed E-state index contributed by atoms with van der Waals surface area (Å²) in [5.41, 5.74) is 2.28. The van der Waals surface area contributed by atoms with Gasteiger partial charge in [-0.15, -0.1) is 5.10 Å². The maximum atomic E-state index is 11.5. The van der Waals surface area contributed by atoms with Crippen LogP contribution in [0.4, 0.5) is 0 Å². The number of hydrogen-bond acceptors (Lipinski definition) is 3. The molecule has 0 bridgehead atoms. The number of nitrogens with zero attached hydrogens (tertiary/aromatic N) is 3. The third kappa shape index (κ3) is 2.33. The van der Waals surface area contributed by atoms with Crippen LogP contribution in [0.15, 0.2) is 30.3 Å². The van der Waals surface area contributed by atoms with Gasteiger partial charge in [0.1, 0.15) is 0 Å². The molecule has 0 spiro atoms. The van der Waals surface area contributed by atoms with Gasteiger partial charge in [-0.3, -0.25) is 4.79 Å². The molecular formula is C12H14N4O. The average Bonchev–Trinajstić information content (AvgIpc) is 2.72. The summed E-state index contributed by atoms with van der Waals surface area (Å²) in [6, 6.07) is 9.94. The van der Waals surface area contributed by atoms with Crippen molar-refractivity contribution in [3.63, 3.8) is 0 Å². The molecule has 0 aliphatic carbocycles. The molecule has 5 heteroatoms. The van der Waals surface area contributed by atoms with E-state index in [-0.39, 0.29) is 5.91 Å². The van der Waals surface area contributed by atoms with Gasteiger partial charge in [-0.2, -0.15) is 0 Å². The van der Waals surface area contributed by atoms with E-state index in [4.69, 9.17) is 0 Å². The molecule has 2 rings (SSSR count). The van der Waals surface area contributed by atoms with Crippen LogP contribution in [0.25, 0.3) is 0 Å².